The van der Waals surface area contributed by atoms with Crippen molar-refractivity contribution >= 4 is 22.8 Å². The van der Waals surface area contributed by atoms with Crippen LogP contribution < -0.4 is 10.1 Å². The fourth-order valence-corrected chi connectivity index (χ4v) is 7.76. The Labute approximate surface area is 266 Å². The van der Waals surface area contributed by atoms with E-state index in [1.165, 1.54) is 5.56 Å². The Hall–Kier alpha value is -3.21. The number of carboxylic acid groups (broad SMARTS) is 1. The van der Waals surface area contributed by atoms with E-state index >= 15 is 0 Å². The van der Waals surface area contributed by atoms with Crippen molar-refractivity contribution < 1.29 is 24.1 Å². The molecule has 0 amide bonds. The molecule has 2 aromatic heterocycles. The van der Waals surface area contributed by atoms with Crippen molar-refractivity contribution in [1.82, 2.24) is 19.4 Å². The van der Waals surface area contributed by atoms with Gasteiger partial charge in [0.1, 0.15) is 29.6 Å². The van der Waals surface area contributed by atoms with E-state index in [0.29, 0.717) is 30.3 Å². The molecule has 3 fully saturated rings. The predicted molar refractivity (Wildman–Crippen MR) is 173 cm³/mol. The summed E-state index contributed by atoms with van der Waals surface area (Å²) in [5.74, 6) is 1.70. The van der Waals surface area contributed by atoms with E-state index < -0.39 is 11.8 Å². The number of methoxy groups -OCH3 is 1. The van der Waals surface area contributed by atoms with Gasteiger partial charge in [0.2, 0.25) is 0 Å². The molecule has 244 valence electrons. The molecule has 0 spiro atoms. The lowest BCUT2D eigenvalue weighted by Crippen LogP contribution is -2.49. The van der Waals surface area contributed by atoms with Crippen LogP contribution in [0.1, 0.15) is 77.0 Å². The molecule has 0 radical (unpaired) electrons. The predicted octanol–water partition coefficient (Wildman–Crippen LogP) is 6.04. The molecule has 2 aliphatic carbocycles. The Kier molecular flexibility index (Phi) is 9.10. The lowest BCUT2D eigenvalue weighted by molar-refractivity contribution is -0.161. The summed E-state index contributed by atoms with van der Waals surface area (Å²) in [5, 5.41) is 13.7. The number of ether oxygens (including phenoxy) is 3. The van der Waals surface area contributed by atoms with Gasteiger partial charge in [-0.15, -0.1) is 0 Å². The number of anilines is 1. The molecule has 4 atom stereocenters. The molecule has 1 aromatic carbocycles. The second-order valence-electron chi connectivity index (χ2n) is 14.2. The van der Waals surface area contributed by atoms with Crippen molar-refractivity contribution in [2.45, 2.75) is 103 Å². The van der Waals surface area contributed by atoms with Crippen LogP contribution in [0.25, 0.3) is 11.0 Å². The van der Waals surface area contributed by atoms with Crippen molar-refractivity contribution in [1.29, 1.82) is 0 Å². The number of hydrogen-bond acceptors (Lipinski definition) is 8. The first-order chi connectivity index (χ1) is 21.5. The first kappa shape index (κ1) is 31.8. The van der Waals surface area contributed by atoms with Gasteiger partial charge in [-0.25, -0.2) is 9.97 Å². The normalized spacial score (nSPS) is 27.2. The smallest absolute Gasteiger partial charge is 0.303 e. The number of carboxylic acids is 1. The van der Waals surface area contributed by atoms with Crippen LogP contribution in [0.5, 0.6) is 5.75 Å². The Bertz CT molecular complexity index is 1500. The molecule has 2 N–H and O–H groups in total. The van der Waals surface area contributed by atoms with Crippen LogP contribution >= 0.6 is 0 Å². The third kappa shape index (κ3) is 6.83. The number of aromatic nitrogens is 3. The van der Waals surface area contributed by atoms with Crippen molar-refractivity contribution in [3.63, 3.8) is 0 Å². The molecule has 3 aliphatic rings. The van der Waals surface area contributed by atoms with Gasteiger partial charge < -0.3 is 29.2 Å². The number of rotatable bonds is 13. The highest BCUT2D eigenvalue weighted by atomic mass is 16.8. The summed E-state index contributed by atoms with van der Waals surface area (Å²) in [4.78, 5) is 23.1. The number of benzene rings is 1. The maximum atomic E-state index is 11.1. The topological polar surface area (TPSA) is 111 Å². The highest BCUT2D eigenvalue weighted by Crippen LogP contribution is 2.49. The summed E-state index contributed by atoms with van der Waals surface area (Å²) in [5.41, 5.74) is 3.25. The minimum atomic E-state index is -0.695. The molecular formula is C35H49N5O5. The second-order valence-corrected chi connectivity index (χ2v) is 14.2. The Morgan fingerprint density at radius 1 is 1.18 bits per heavy atom. The Balaban J connectivity index is 1.20. The second kappa shape index (κ2) is 12.9. The van der Waals surface area contributed by atoms with E-state index in [9.17, 15) is 4.79 Å². The number of fused-ring (bicyclic) bond motifs is 2. The molecule has 10 heteroatoms. The summed E-state index contributed by atoms with van der Waals surface area (Å²) in [7, 11) is 1.69. The number of aliphatic carboxylic acids is 1. The minimum Gasteiger partial charge on any atom is -0.497 e. The number of carbonyl (C=O) groups is 1. The van der Waals surface area contributed by atoms with Crippen molar-refractivity contribution in [3.8, 4) is 5.75 Å². The third-order valence-electron chi connectivity index (χ3n) is 9.98. The highest BCUT2D eigenvalue weighted by molar-refractivity contribution is 5.87. The summed E-state index contributed by atoms with van der Waals surface area (Å²) in [6.07, 6.45) is 7.85. The SMILES string of the molecule is COc1ccc(CNc2ncnc3c2ccn3[C@@H]2C[C@H](CN(CC(C)C)C3CC(CCC(=O)O)C3)[C@H]3OC(C)(C)O[C@H]32)c(C)c1. The van der Waals surface area contributed by atoms with Crippen molar-refractivity contribution in [2.75, 3.05) is 25.5 Å². The lowest BCUT2D eigenvalue weighted by atomic mass is 9.76. The van der Waals surface area contributed by atoms with Gasteiger partial charge in [0.25, 0.3) is 0 Å². The monoisotopic (exact) mass is 619 g/mol. The molecule has 10 nitrogen and oxygen atoms in total. The van der Waals surface area contributed by atoms with Gasteiger partial charge in [0, 0.05) is 44.2 Å². The lowest BCUT2D eigenvalue weighted by Gasteiger charge is -2.45. The Morgan fingerprint density at radius 2 is 1.96 bits per heavy atom. The molecule has 1 aliphatic heterocycles. The molecule has 0 unspecified atom stereocenters. The van der Waals surface area contributed by atoms with E-state index in [0.717, 1.165) is 66.9 Å². The van der Waals surface area contributed by atoms with Gasteiger partial charge >= 0.3 is 5.97 Å². The van der Waals surface area contributed by atoms with Gasteiger partial charge in [-0.05, 0) is 87.6 Å². The van der Waals surface area contributed by atoms with Crippen LogP contribution in [0.3, 0.4) is 0 Å². The summed E-state index contributed by atoms with van der Waals surface area (Å²) in [6, 6.07) is 8.83. The minimum absolute atomic E-state index is 0.00234. The van der Waals surface area contributed by atoms with Gasteiger partial charge in [-0.3, -0.25) is 9.69 Å². The molecule has 3 aromatic rings. The van der Waals surface area contributed by atoms with Gasteiger partial charge in [-0.2, -0.15) is 0 Å². The average Bonchev–Trinajstić information content (AvgIpc) is 3.62. The van der Waals surface area contributed by atoms with E-state index in [2.05, 4.69) is 58.9 Å². The molecule has 2 saturated carbocycles. The first-order valence-electron chi connectivity index (χ1n) is 16.5. The zero-order valence-electron chi connectivity index (χ0n) is 27.5. The zero-order chi connectivity index (χ0) is 31.9. The largest absolute Gasteiger partial charge is 0.497 e. The zero-order valence-corrected chi connectivity index (χ0v) is 27.5. The molecule has 3 heterocycles. The number of aryl methyl sites for hydroxylation is 1. The highest BCUT2D eigenvalue weighted by Gasteiger charge is 2.55. The van der Waals surface area contributed by atoms with Crippen LogP contribution in [0.2, 0.25) is 0 Å². The third-order valence-corrected chi connectivity index (χ3v) is 9.98. The molecule has 6 rings (SSSR count). The van der Waals surface area contributed by atoms with E-state index in [4.69, 9.17) is 24.3 Å². The fraction of sp³-hybridized carbons (Fsp3) is 0.629. The summed E-state index contributed by atoms with van der Waals surface area (Å²) >= 11 is 0. The van der Waals surface area contributed by atoms with E-state index in [1.54, 1.807) is 13.4 Å². The average molecular weight is 620 g/mol. The number of nitrogens with one attached hydrogen (secondary N) is 1. The maximum Gasteiger partial charge on any atom is 0.303 e. The van der Waals surface area contributed by atoms with E-state index in [-0.39, 0.29) is 24.7 Å². The molecule has 0 bridgehead atoms. The summed E-state index contributed by atoms with van der Waals surface area (Å²) in [6.45, 7) is 13.3. The van der Waals surface area contributed by atoms with Gasteiger partial charge in [0.05, 0.1) is 24.6 Å². The fourth-order valence-electron chi connectivity index (χ4n) is 7.76. The number of hydrogen-bond donors (Lipinski definition) is 2. The van der Waals surface area contributed by atoms with E-state index in [1.807, 2.05) is 26.0 Å². The quantitative estimate of drug-likeness (QED) is 0.236. The van der Waals surface area contributed by atoms with Crippen LogP contribution in [0.4, 0.5) is 5.82 Å². The summed E-state index contributed by atoms with van der Waals surface area (Å²) < 4.78 is 20.9. The van der Waals surface area contributed by atoms with Gasteiger partial charge in [-0.1, -0.05) is 19.9 Å². The molecule has 1 saturated heterocycles. The van der Waals surface area contributed by atoms with Gasteiger partial charge in [0.15, 0.2) is 5.79 Å². The standard InChI is InChI=1S/C35H49N5O5/c1-21(2)18-39(26-14-23(15-26)7-10-30(41)42)19-25-16-29(32-31(25)44-35(4,5)45-32)40-12-11-28-33(37-20-38-34(28)40)36-17-24-8-9-27(43-6)13-22(24)3/h8-9,11-13,20-21,23,25-26,29,31-32H,7,10,14-19H2,1-6H3,(H,41,42)(H,36,37,38)/t23?,25-,26?,29-,31-,32+/m1/s1. The van der Waals surface area contributed by atoms with Crippen molar-refractivity contribution in [2.24, 2.45) is 17.8 Å². The first-order valence-corrected chi connectivity index (χ1v) is 16.5. The van der Waals surface area contributed by atoms with Crippen LogP contribution in [-0.4, -0.2) is 74.7 Å². The maximum absolute atomic E-state index is 11.1. The van der Waals surface area contributed by atoms with Crippen LogP contribution in [-0.2, 0) is 20.8 Å². The molecule has 45 heavy (non-hydrogen) atoms. The number of nitrogens with zero attached hydrogens (tertiary/aromatic N) is 4. The van der Waals surface area contributed by atoms with Crippen LogP contribution in [0, 0.1) is 24.7 Å². The van der Waals surface area contributed by atoms with Crippen molar-refractivity contribution in [3.05, 3.63) is 47.9 Å². The van der Waals surface area contributed by atoms with Crippen LogP contribution in [0.15, 0.2) is 36.8 Å². The Morgan fingerprint density at radius 3 is 2.67 bits per heavy atom. The molecular weight excluding hydrogens is 570 g/mol.